The summed E-state index contributed by atoms with van der Waals surface area (Å²) in [6.07, 6.45) is 0.523. The lowest BCUT2D eigenvalue weighted by molar-refractivity contribution is -0.684. The molecule has 3 rings (SSSR count). The zero-order valence-corrected chi connectivity index (χ0v) is 18.4. The van der Waals surface area contributed by atoms with Gasteiger partial charge in [0, 0.05) is 35.5 Å². The summed E-state index contributed by atoms with van der Waals surface area (Å²) in [6.45, 7) is 2.35. The predicted octanol–water partition coefficient (Wildman–Crippen LogP) is 4.30. The molecule has 2 aromatic carbocycles. The summed E-state index contributed by atoms with van der Waals surface area (Å²) in [5.41, 5.74) is 3.67. The fraction of sp³-hybridized carbons (Fsp3) is 0.190. The van der Waals surface area contributed by atoms with E-state index in [4.69, 9.17) is 4.74 Å². The van der Waals surface area contributed by atoms with Crippen molar-refractivity contribution < 1.29 is 23.8 Å². The molecule has 0 radical (unpaired) electrons. The van der Waals surface area contributed by atoms with E-state index >= 15 is 0 Å². The number of halogens is 1. The number of aromatic nitrogens is 1. The minimum atomic E-state index is -0.530. The molecule has 0 unspecified atom stereocenters. The highest BCUT2D eigenvalue weighted by Gasteiger charge is 2.20. The van der Waals surface area contributed by atoms with E-state index < -0.39 is 10.9 Å². The van der Waals surface area contributed by atoms with E-state index in [1.54, 1.807) is 12.1 Å². The number of nitro groups is 1. The van der Waals surface area contributed by atoms with Crippen LogP contribution in [0.4, 0.5) is 5.69 Å². The lowest BCUT2D eigenvalue weighted by Gasteiger charge is -2.04. The first-order valence-electron chi connectivity index (χ1n) is 9.02. The van der Waals surface area contributed by atoms with Gasteiger partial charge >= 0.3 is 5.97 Å². The summed E-state index contributed by atoms with van der Waals surface area (Å²) in [5.74, 6) is -0.512. The van der Waals surface area contributed by atoms with Crippen LogP contribution in [0.5, 0.6) is 0 Å². The second kappa shape index (κ2) is 9.73. The van der Waals surface area contributed by atoms with E-state index in [0.29, 0.717) is 12.0 Å². The summed E-state index contributed by atoms with van der Waals surface area (Å²) in [6, 6.07) is 12.5. The van der Waals surface area contributed by atoms with Crippen molar-refractivity contribution in [1.29, 1.82) is 0 Å². The molecule has 0 aliphatic rings. The molecule has 30 heavy (non-hydrogen) atoms. The van der Waals surface area contributed by atoms with E-state index in [1.807, 2.05) is 29.1 Å². The van der Waals surface area contributed by atoms with Crippen molar-refractivity contribution in [3.05, 3.63) is 90.3 Å². The maximum Gasteiger partial charge on any atom is 0.338 e. The third-order valence-corrected chi connectivity index (χ3v) is 6.19. The van der Waals surface area contributed by atoms with Crippen LogP contribution in [0.2, 0.25) is 0 Å². The van der Waals surface area contributed by atoms with Gasteiger partial charge < -0.3 is 4.74 Å². The van der Waals surface area contributed by atoms with Crippen molar-refractivity contribution in [3.63, 3.8) is 0 Å². The number of benzene rings is 2. The van der Waals surface area contributed by atoms with Crippen LogP contribution in [0, 0.1) is 17.0 Å². The first-order chi connectivity index (χ1) is 14.3. The van der Waals surface area contributed by atoms with Crippen LogP contribution in [0.1, 0.15) is 31.3 Å². The maximum atomic E-state index is 12.5. The number of Topliss-reactive ketones (excluding diaryl/α,β-unsaturated/α-hetero) is 1. The normalized spacial score (nSPS) is 10.6. The minimum Gasteiger partial charge on any atom is -0.462 e. The maximum absolute atomic E-state index is 12.5. The molecule has 0 saturated heterocycles. The second-order valence-electron chi connectivity index (χ2n) is 6.48. The molecule has 1 aromatic heterocycles. The third kappa shape index (κ3) is 5.37. The minimum absolute atomic E-state index is 0.0181. The van der Waals surface area contributed by atoms with Gasteiger partial charge in [-0.15, -0.1) is 0 Å². The quantitative estimate of drug-likeness (QED) is 0.154. The van der Waals surface area contributed by atoms with E-state index in [9.17, 15) is 19.7 Å². The molecule has 7 nitrogen and oxygen atoms in total. The Labute approximate surface area is 185 Å². The number of ether oxygens (including phenoxy) is 1. The van der Waals surface area contributed by atoms with Crippen LogP contribution < -0.4 is 4.57 Å². The van der Waals surface area contributed by atoms with Crippen LogP contribution in [0.25, 0.3) is 0 Å². The average molecular weight is 490 g/mol. The Bertz CT molecular complexity index is 1080. The number of hydrogen-bond donors (Lipinski definition) is 0. The summed E-state index contributed by atoms with van der Waals surface area (Å²) in [5, 5.41) is 10.7. The van der Waals surface area contributed by atoms with Crippen LogP contribution >= 0.6 is 27.3 Å². The van der Waals surface area contributed by atoms with Crippen molar-refractivity contribution in [2.75, 3.05) is 6.61 Å². The Morgan fingerprint density at radius 3 is 2.37 bits per heavy atom. The second-order valence-corrected chi connectivity index (χ2v) is 8.33. The molecule has 0 N–H and O–H groups in total. The number of carbonyl (C=O) groups excluding carboxylic acids is 2. The van der Waals surface area contributed by atoms with E-state index in [1.165, 1.54) is 35.6 Å². The zero-order valence-electron chi connectivity index (χ0n) is 16.0. The molecule has 0 bridgehead atoms. The molecule has 3 aromatic rings. The highest BCUT2D eigenvalue weighted by molar-refractivity contribution is 9.10. The molecule has 154 valence electrons. The van der Waals surface area contributed by atoms with Gasteiger partial charge in [0.2, 0.25) is 17.8 Å². The van der Waals surface area contributed by atoms with Crippen molar-refractivity contribution in [2.24, 2.45) is 0 Å². The molecule has 9 heteroatoms. The summed E-state index contributed by atoms with van der Waals surface area (Å²) in [4.78, 5) is 35.7. The molecular weight excluding hydrogens is 472 g/mol. The number of nitrogens with zero attached hydrogens (tertiary/aromatic N) is 2. The number of rotatable bonds is 8. The van der Waals surface area contributed by atoms with Crippen molar-refractivity contribution >= 4 is 44.7 Å². The largest absolute Gasteiger partial charge is 0.462 e. The van der Waals surface area contributed by atoms with Gasteiger partial charge in [-0.3, -0.25) is 14.9 Å². The number of non-ortho nitro benzene ring substituents is 1. The van der Waals surface area contributed by atoms with Crippen molar-refractivity contribution in [2.45, 2.75) is 19.9 Å². The summed E-state index contributed by atoms with van der Waals surface area (Å²) < 4.78 is 8.09. The summed E-state index contributed by atoms with van der Waals surface area (Å²) in [7, 11) is 0. The van der Waals surface area contributed by atoms with Gasteiger partial charge in [0.25, 0.3) is 5.69 Å². The number of hydrogen-bond acceptors (Lipinski definition) is 6. The van der Waals surface area contributed by atoms with Crippen LogP contribution in [-0.2, 0) is 17.7 Å². The third-order valence-electron chi connectivity index (χ3n) is 4.51. The Morgan fingerprint density at radius 2 is 1.73 bits per heavy atom. The zero-order chi connectivity index (χ0) is 21.7. The fourth-order valence-corrected chi connectivity index (χ4v) is 4.01. The number of thiazole rings is 1. The van der Waals surface area contributed by atoms with Gasteiger partial charge in [0.15, 0.2) is 5.69 Å². The Hall–Kier alpha value is -2.91. The number of carbonyl (C=O) groups is 2. The standard InChI is InChI=1S/C21H18BrN2O5S/c1-14-20(10-11-29-21(26)16-4-8-18(9-5-16)24(27)28)30-13-23(14)12-19(25)15-2-6-17(22)7-3-15/h2-9,13H,10-12H2,1H3/q+1. The van der Waals surface area contributed by atoms with E-state index in [-0.39, 0.29) is 30.2 Å². The first-order valence-corrected chi connectivity index (χ1v) is 10.7. The molecule has 0 fully saturated rings. The van der Waals surface area contributed by atoms with Crippen LogP contribution in [-0.4, -0.2) is 23.3 Å². The predicted molar refractivity (Wildman–Crippen MR) is 115 cm³/mol. The van der Waals surface area contributed by atoms with E-state index in [2.05, 4.69) is 15.9 Å². The highest BCUT2D eigenvalue weighted by Crippen LogP contribution is 2.15. The molecule has 0 saturated carbocycles. The Morgan fingerprint density at radius 1 is 1.10 bits per heavy atom. The summed E-state index contributed by atoms with van der Waals surface area (Å²) >= 11 is 4.86. The van der Waals surface area contributed by atoms with Gasteiger partial charge in [-0.25, -0.2) is 4.79 Å². The lowest BCUT2D eigenvalue weighted by Crippen LogP contribution is -2.38. The molecule has 1 heterocycles. The average Bonchev–Trinajstić information content (AvgIpc) is 3.08. The smallest absolute Gasteiger partial charge is 0.338 e. The van der Waals surface area contributed by atoms with Gasteiger partial charge in [0.05, 0.1) is 22.0 Å². The highest BCUT2D eigenvalue weighted by atomic mass is 79.9. The molecule has 0 atom stereocenters. The Kier molecular flexibility index (Phi) is 7.07. The lowest BCUT2D eigenvalue weighted by atomic mass is 10.1. The van der Waals surface area contributed by atoms with Gasteiger partial charge in [-0.2, -0.15) is 4.57 Å². The van der Waals surface area contributed by atoms with Crippen molar-refractivity contribution in [3.8, 4) is 0 Å². The first kappa shape index (κ1) is 21.8. The van der Waals surface area contributed by atoms with Crippen molar-refractivity contribution in [1.82, 2.24) is 0 Å². The topological polar surface area (TPSA) is 90.4 Å². The number of ketones is 1. The van der Waals surface area contributed by atoms with Gasteiger partial charge in [0.1, 0.15) is 0 Å². The SMILES string of the molecule is Cc1c(CCOC(=O)c2ccc([N+](=O)[O-])cc2)sc[n+]1CC(=O)c1ccc(Br)cc1. The fourth-order valence-electron chi connectivity index (χ4n) is 2.77. The van der Waals surface area contributed by atoms with Gasteiger partial charge in [-0.05, 0) is 24.3 Å². The van der Waals surface area contributed by atoms with Crippen LogP contribution in [0.3, 0.4) is 0 Å². The molecular formula is C21H18BrN2O5S+. The van der Waals surface area contributed by atoms with Crippen LogP contribution in [0.15, 0.2) is 58.5 Å². The van der Waals surface area contributed by atoms with Gasteiger partial charge in [-0.1, -0.05) is 39.4 Å². The monoisotopic (exact) mass is 489 g/mol. The molecule has 0 spiro atoms. The number of nitro benzene ring substituents is 1. The molecule has 0 aliphatic heterocycles. The molecule has 0 amide bonds. The molecule has 0 aliphatic carbocycles. The number of esters is 1. The Balaban J connectivity index is 1.54. The van der Waals surface area contributed by atoms with E-state index in [0.717, 1.165) is 15.0 Å².